The molecule has 0 fully saturated rings. The average Bonchev–Trinajstić information content (AvgIpc) is 2.42. The molecular formula is C15H34N2O2S. The van der Waals surface area contributed by atoms with E-state index < -0.39 is 10.0 Å². The Bertz CT molecular complexity index is 292. The molecule has 0 saturated heterocycles. The molecule has 122 valence electrons. The van der Waals surface area contributed by atoms with Crippen LogP contribution in [0.25, 0.3) is 0 Å². The smallest absolute Gasteiger partial charge is 0.212 e. The van der Waals surface area contributed by atoms with Gasteiger partial charge in [0.05, 0.1) is 5.75 Å². The Hall–Kier alpha value is -0.130. The topological polar surface area (TPSA) is 58.2 Å². The van der Waals surface area contributed by atoms with Crippen molar-refractivity contribution in [1.82, 2.24) is 10.0 Å². The second-order valence-corrected chi connectivity index (χ2v) is 7.36. The van der Waals surface area contributed by atoms with Crippen LogP contribution in [0.2, 0.25) is 0 Å². The van der Waals surface area contributed by atoms with E-state index in [9.17, 15) is 8.42 Å². The molecule has 0 aliphatic heterocycles. The molecule has 0 spiro atoms. The minimum Gasteiger partial charge on any atom is -0.316 e. The number of rotatable bonds is 15. The summed E-state index contributed by atoms with van der Waals surface area (Å²) in [5.74, 6) is 0.185. The molecule has 0 aromatic rings. The van der Waals surface area contributed by atoms with Gasteiger partial charge in [0.15, 0.2) is 0 Å². The van der Waals surface area contributed by atoms with E-state index in [1.807, 2.05) is 0 Å². The highest BCUT2D eigenvalue weighted by Gasteiger charge is 2.07. The highest BCUT2D eigenvalue weighted by Crippen LogP contribution is 2.07. The van der Waals surface area contributed by atoms with Crippen molar-refractivity contribution in [3.05, 3.63) is 0 Å². The van der Waals surface area contributed by atoms with E-state index in [0.29, 0.717) is 13.1 Å². The third kappa shape index (κ3) is 14.3. The highest BCUT2D eigenvalue weighted by molar-refractivity contribution is 7.89. The molecule has 20 heavy (non-hydrogen) atoms. The van der Waals surface area contributed by atoms with Gasteiger partial charge in [-0.25, -0.2) is 13.1 Å². The SMILES string of the molecule is CCCCCCCCCCNS(=O)(=O)CCNCCC. The van der Waals surface area contributed by atoms with E-state index in [4.69, 9.17) is 0 Å². The van der Waals surface area contributed by atoms with Crippen molar-refractivity contribution in [2.24, 2.45) is 0 Å². The third-order valence-electron chi connectivity index (χ3n) is 3.33. The van der Waals surface area contributed by atoms with Crippen LogP contribution in [0.5, 0.6) is 0 Å². The van der Waals surface area contributed by atoms with Crippen LogP contribution < -0.4 is 10.0 Å². The third-order valence-corrected chi connectivity index (χ3v) is 4.71. The van der Waals surface area contributed by atoms with Crippen LogP contribution in [0.1, 0.15) is 71.6 Å². The zero-order chi connectivity index (χ0) is 15.1. The Balaban J connectivity index is 3.35. The van der Waals surface area contributed by atoms with Gasteiger partial charge in [0.25, 0.3) is 0 Å². The lowest BCUT2D eigenvalue weighted by Gasteiger charge is -2.07. The normalized spacial score (nSPS) is 11.9. The van der Waals surface area contributed by atoms with Gasteiger partial charge in [-0.1, -0.05) is 58.8 Å². The predicted molar refractivity (Wildman–Crippen MR) is 87.6 cm³/mol. The van der Waals surface area contributed by atoms with Gasteiger partial charge in [-0.05, 0) is 19.4 Å². The maximum absolute atomic E-state index is 11.6. The summed E-state index contributed by atoms with van der Waals surface area (Å²) < 4.78 is 26.0. The fourth-order valence-corrected chi connectivity index (χ4v) is 3.08. The van der Waals surface area contributed by atoms with E-state index in [-0.39, 0.29) is 5.75 Å². The van der Waals surface area contributed by atoms with Crippen LogP contribution in [0, 0.1) is 0 Å². The quantitative estimate of drug-likeness (QED) is 0.457. The lowest BCUT2D eigenvalue weighted by atomic mass is 10.1. The molecule has 0 radical (unpaired) electrons. The molecule has 5 heteroatoms. The molecule has 0 rings (SSSR count). The number of hydrogen-bond donors (Lipinski definition) is 2. The first-order chi connectivity index (χ1) is 9.62. The molecule has 0 aromatic carbocycles. The lowest BCUT2D eigenvalue weighted by Crippen LogP contribution is -2.32. The van der Waals surface area contributed by atoms with E-state index in [0.717, 1.165) is 25.8 Å². The second kappa shape index (κ2) is 13.8. The van der Waals surface area contributed by atoms with Gasteiger partial charge in [-0.2, -0.15) is 0 Å². The van der Waals surface area contributed by atoms with Crippen LogP contribution in [-0.2, 0) is 10.0 Å². The Morgan fingerprint density at radius 1 is 0.700 bits per heavy atom. The van der Waals surface area contributed by atoms with Crippen molar-refractivity contribution in [2.45, 2.75) is 71.6 Å². The average molecular weight is 307 g/mol. The highest BCUT2D eigenvalue weighted by atomic mass is 32.2. The van der Waals surface area contributed by atoms with E-state index in [2.05, 4.69) is 23.9 Å². The fraction of sp³-hybridized carbons (Fsp3) is 1.00. The summed E-state index contributed by atoms with van der Waals surface area (Å²) in [5.41, 5.74) is 0. The maximum Gasteiger partial charge on any atom is 0.212 e. The zero-order valence-electron chi connectivity index (χ0n) is 13.4. The summed E-state index contributed by atoms with van der Waals surface area (Å²) in [6.45, 7) is 6.31. The van der Waals surface area contributed by atoms with Crippen molar-refractivity contribution in [3.8, 4) is 0 Å². The first kappa shape index (κ1) is 19.9. The zero-order valence-corrected chi connectivity index (χ0v) is 14.2. The van der Waals surface area contributed by atoms with E-state index in [1.54, 1.807) is 0 Å². The van der Waals surface area contributed by atoms with Crippen LogP contribution in [0.3, 0.4) is 0 Å². The second-order valence-electron chi connectivity index (χ2n) is 5.44. The molecule has 4 nitrogen and oxygen atoms in total. The standard InChI is InChI=1S/C15H34N2O2S/c1-3-5-6-7-8-9-10-11-13-17-20(18,19)15-14-16-12-4-2/h16-17H,3-15H2,1-2H3. The van der Waals surface area contributed by atoms with Gasteiger partial charge >= 0.3 is 0 Å². The molecule has 0 bridgehead atoms. The van der Waals surface area contributed by atoms with Crippen molar-refractivity contribution in [1.29, 1.82) is 0 Å². The molecule has 0 saturated carbocycles. The van der Waals surface area contributed by atoms with Gasteiger partial charge in [0, 0.05) is 13.1 Å². The van der Waals surface area contributed by atoms with Crippen LogP contribution in [0.4, 0.5) is 0 Å². The monoisotopic (exact) mass is 306 g/mol. The van der Waals surface area contributed by atoms with Crippen molar-refractivity contribution in [3.63, 3.8) is 0 Å². The summed E-state index contributed by atoms with van der Waals surface area (Å²) in [6, 6.07) is 0. The Kier molecular flexibility index (Phi) is 13.7. The molecule has 0 aliphatic rings. The first-order valence-corrected chi connectivity index (χ1v) is 9.95. The van der Waals surface area contributed by atoms with Crippen LogP contribution in [0.15, 0.2) is 0 Å². The van der Waals surface area contributed by atoms with Gasteiger partial charge in [-0.3, -0.25) is 0 Å². The molecule has 0 aromatic heterocycles. The molecule has 2 N–H and O–H groups in total. The van der Waals surface area contributed by atoms with E-state index >= 15 is 0 Å². The summed E-state index contributed by atoms with van der Waals surface area (Å²) in [6.07, 6.45) is 10.9. The van der Waals surface area contributed by atoms with Gasteiger partial charge in [0.1, 0.15) is 0 Å². The summed E-state index contributed by atoms with van der Waals surface area (Å²) >= 11 is 0. The molecular weight excluding hydrogens is 272 g/mol. The van der Waals surface area contributed by atoms with Crippen molar-refractivity contribution < 1.29 is 8.42 Å². The summed E-state index contributed by atoms with van der Waals surface area (Å²) in [7, 11) is -3.08. The Morgan fingerprint density at radius 2 is 1.30 bits per heavy atom. The number of nitrogens with one attached hydrogen (secondary N) is 2. The van der Waals surface area contributed by atoms with Crippen LogP contribution in [-0.4, -0.2) is 33.8 Å². The van der Waals surface area contributed by atoms with Crippen LogP contribution >= 0.6 is 0 Å². The molecule has 0 heterocycles. The van der Waals surface area contributed by atoms with Crippen molar-refractivity contribution >= 4 is 10.0 Å². The van der Waals surface area contributed by atoms with Gasteiger partial charge in [-0.15, -0.1) is 0 Å². The van der Waals surface area contributed by atoms with E-state index in [1.165, 1.54) is 38.5 Å². The molecule has 0 aliphatic carbocycles. The lowest BCUT2D eigenvalue weighted by molar-refractivity contribution is 0.557. The number of unbranched alkanes of at least 4 members (excludes halogenated alkanes) is 7. The molecule has 0 unspecified atom stereocenters. The maximum atomic E-state index is 11.6. The minimum absolute atomic E-state index is 0.185. The Morgan fingerprint density at radius 3 is 1.90 bits per heavy atom. The number of sulfonamides is 1. The minimum atomic E-state index is -3.08. The summed E-state index contributed by atoms with van der Waals surface area (Å²) in [5, 5.41) is 3.11. The molecule has 0 atom stereocenters. The number of hydrogen-bond acceptors (Lipinski definition) is 3. The molecule has 0 amide bonds. The van der Waals surface area contributed by atoms with Crippen molar-refractivity contribution in [2.75, 3.05) is 25.4 Å². The summed E-state index contributed by atoms with van der Waals surface area (Å²) in [4.78, 5) is 0. The fourth-order valence-electron chi connectivity index (χ4n) is 2.07. The largest absolute Gasteiger partial charge is 0.316 e. The van der Waals surface area contributed by atoms with Gasteiger partial charge < -0.3 is 5.32 Å². The predicted octanol–water partition coefficient (Wildman–Crippen LogP) is 3.05. The first-order valence-electron chi connectivity index (χ1n) is 8.30. The van der Waals surface area contributed by atoms with Gasteiger partial charge in [0.2, 0.25) is 10.0 Å². The Labute approximate surface area is 126 Å².